The highest BCUT2D eigenvalue weighted by Crippen LogP contribution is 2.18. The first-order valence-electron chi connectivity index (χ1n) is 5.72. The van der Waals surface area contributed by atoms with Crippen molar-refractivity contribution in [3.05, 3.63) is 35.9 Å². The molecule has 0 saturated carbocycles. The second-order valence-electron chi connectivity index (χ2n) is 4.23. The van der Waals surface area contributed by atoms with Crippen molar-refractivity contribution in [3.8, 4) is 0 Å². The van der Waals surface area contributed by atoms with Gasteiger partial charge >= 0.3 is 0 Å². The van der Waals surface area contributed by atoms with E-state index in [9.17, 15) is 10.2 Å². The minimum atomic E-state index is -0.588. The zero-order valence-corrected chi connectivity index (χ0v) is 9.98. The van der Waals surface area contributed by atoms with Gasteiger partial charge in [-0.1, -0.05) is 37.3 Å². The van der Waals surface area contributed by atoms with Crippen molar-refractivity contribution in [1.82, 2.24) is 5.32 Å². The molecule has 1 aromatic rings. The molecule has 0 aliphatic rings. The Morgan fingerprint density at radius 3 is 2.19 bits per heavy atom. The Morgan fingerprint density at radius 1 is 1.19 bits per heavy atom. The molecule has 3 nitrogen and oxygen atoms in total. The fourth-order valence-electron chi connectivity index (χ4n) is 1.75. The van der Waals surface area contributed by atoms with Crippen molar-refractivity contribution in [1.29, 1.82) is 0 Å². The SMILES string of the molecule is CCC(CO)(CO)NC(C)c1ccccc1. The maximum atomic E-state index is 9.35. The van der Waals surface area contributed by atoms with Gasteiger partial charge in [0, 0.05) is 6.04 Å². The molecule has 0 aromatic heterocycles. The molecule has 16 heavy (non-hydrogen) atoms. The summed E-state index contributed by atoms with van der Waals surface area (Å²) in [6, 6.07) is 10.1. The Labute approximate surface area is 97.1 Å². The van der Waals surface area contributed by atoms with Crippen LogP contribution in [0.4, 0.5) is 0 Å². The lowest BCUT2D eigenvalue weighted by Gasteiger charge is -2.33. The Hall–Kier alpha value is -0.900. The summed E-state index contributed by atoms with van der Waals surface area (Å²) in [5, 5.41) is 22.0. The molecular weight excluding hydrogens is 202 g/mol. The van der Waals surface area contributed by atoms with Gasteiger partial charge < -0.3 is 15.5 Å². The van der Waals surface area contributed by atoms with E-state index in [0.29, 0.717) is 6.42 Å². The van der Waals surface area contributed by atoms with Crippen LogP contribution in [0.15, 0.2) is 30.3 Å². The van der Waals surface area contributed by atoms with E-state index in [4.69, 9.17) is 0 Å². The highest BCUT2D eigenvalue weighted by atomic mass is 16.3. The van der Waals surface area contributed by atoms with Gasteiger partial charge in [-0.3, -0.25) is 0 Å². The zero-order valence-electron chi connectivity index (χ0n) is 9.98. The van der Waals surface area contributed by atoms with Crippen LogP contribution in [0.1, 0.15) is 31.9 Å². The van der Waals surface area contributed by atoms with E-state index in [1.54, 1.807) is 0 Å². The van der Waals surface area contributed by atoms with E-state index in [1.807, 2.05) is 44.2 Å². The Balaban J connectivity index is 2.73. The number of benzene rings is 1. The number of hydrogen-bond acceptors (Lipinski definition) is 3. The van der Waals surface area contributed by atoms with Gasteiger partial charge in [0.2, 0.25) is 0 Å². The molecule has 0 amide bonds. The fraction of sp³-hybridized carbons (Fsp3) is 0.538. The van der Waals surface area contributed by atoms with Crippen LogP contribution in [-0.4, -0.2) is 29.0 Å². The van der Waals surface area contributed by atoms with E-state index >= 15 is 0 Å². The topological polar surface area (TPSA) is 52.5 Å². The van der Waals surface area contributed by atoms with Crippen LogP contribution < -0.4 is 5.32 Å². The predicted molar refractivity (Wildman–Crippen MR) is 65.2 cm³/mol. The summed E-state index contributed by atoms with van der Waals surface area (Å²) in [5.41, 5.74) is 0.567. The number of aliphatic hydroxyl groups excluding tert-OH is 2. The molecule has 0 heterocycles. The van der Waals surface area contributed by atoms with Crippen LogP contribution in [0.25, 0.3) is 0 Å². The molecule has 1 unspecified atom stereocenters. The number of nitrogens with one attached hydrogen (secondary N) is 1. The normalized spacial score (nSPS) is 13.8. The molecule has 1 rings (SSSR count). The molecule has 1 aromatic carbocycles. The lowest BCUT2D eigenvalue weighted by Crippen LogP contribution is -2.52. The molecular formula is C13H21NO2. The average molecular weight is 223 g/mol. The predicted octanol–water partition coefficient (Wildman–Crippen LogP) is 1.47. The molecule has 0 radical (unpaired) electrons. The Morgan fingerprint density at radius 2 is 1.75 bits per heavy atom. The molecule has 0 spiro atoms. The Bertz CT molecular complexity index is 288. The van der Waals surface area contributed by atoms with Crippen molar-refractivity contribution in [3.63, 3.8) is 0 Å². The molecule has 3 N–H and O–H groups in total. The summed E-state index contributed by atoms with van der Waals surface area (Å²) in [6.07, 6.45) is 0.692. The molecule has 0 aliphatic heterocycles. The summed E-state index contributed by atoms with van der Waals surface area (Å²) in [4.78, 5) is 0. The van der Waals surface area contributed by atoms with Crippen LogP contribution in [0.5, 0.6) is 0 Å². The quantitative estimate of drug-likeness (QED) is 0.684. The smallest absolute Gasteiger partial charge is 0.0650 e. The third-order valence-electron chi connectivity index (χ3n) is 3.10. The van der Waals surface area contributed by atoms with E-state index in [1.165, 1.54) is 0 Å². The summed E-state index contributed by atoms with van der Waals surface area (Å²) in [7, 11) is 0. The molecule has 3 heteroatoms. The second-order valence-corrected chi connectivity index (χ2v) is 4.23. The van der Waals surface area contributed by atoms with Gasteiger partial charge in [-0.15, -0.1) is 0 Å². The van der Waals surface area contributed by atoms with Crippen LogP contribution in [-0.2, 0) is 0 Å². The first kappa shape index (κ1) is 13.2. The molecule has 0 saturated heterocycles. The molecule has 1 atom stereocenters. The first-order valence-corrected chi connectivity index (χ1v) is 5.72. The number of rotatable bonds is 6. The van der Waals surface area contributed by atoms with Crippen molar-refractivity contribution < 1.29 is 10.2 Å². The minimum Gasteiger partial charge on any atom is -0.394 e. The van der Waals surface area contributed by atoms with Gasteiger partial charge in [0.05, 0.1) is 18.8 Å². The van der Waals surface area contributed by atoms with E-state index in [0.717, 1.165) is 5.56 Å². The molecule has 0 fully saturated rings. The van der Waals surface area contributed by atoms with Gasteiger partial charge in [-0.2, -0.15) is 0 Å². The number of hydrogen-bond donors (Lipinski definition) is 3. The maximum Gasteiger partial charge on any atom is 0.0650 e. The van der Waals surface area contributed by atoms with E-state index in [-0.39, 0.29) is 19.3 Å². The lowest BCUT2D eigenvalue weighted by atomic mass is 9.95. The number of aliphatic hydroxyl groups is 2. The van der Waals surface area contributed by atoms with E-state index < -0.39 is 5.54 Å². The van der Waals surface area contributed by atoms with Gasteiger partial charge in [-0.05, 0) is 18.9 Å². The lowest BCUT2D eigenvalue weighted by molar-refractivity contribution is 0.0793. The van der Waals surface area contributed by atoms with Gasteiger partial charge in [0.25, 0.3) is 0 Å². The summed E-state index contributed by atoms with van der Waals surface area (Å²) < 4.78 is 0. The standard InChI is InChI=1S/C13H21NO2/c1-3-13(9-15,10-16)14-11(2)12-7-5-4-6-8-12/h4-8,11,14-16H,3,9-10H2,1-2H3. The monoisotopic (exact) mass is 223 g/mol. The summed E-state index contributed by atoms with van der Waals surface area (Å²) in [5.74, 6) is 0. The molecule has 0 aliphatic carbocycles. The van der Waals surface area contributed by atoms with Crippen LogP contribution >= 0.6 is 0 Å². The third kappa shape index (κ3) is 3.04. The van der Waals surface area contributed by atoms with Crippen molar-refractivity contribution in [2.45, 2.75) is 31.8 Å². The minimum absolute atomic E-state index is 0.0584. The van der Waals surface area contributed by atoms with Crippen molar-refractivity contribution >= 4 is 0 Å². The van der Waals surface area contributed by atoms with Crippen LogP contribution in [0.3, 0.4) is 0 Å². The van der Waals surface area contributed by atoms with Gasteiger partial charge in [0.15, 0.2) is 0 Å². The molecule has 0 bridgehead atoms. The largest absolute Gasteiger partial charge is 0.394 e. The summed E-state index contributed by atoms with van der Waals surface area (Å²) >= 11 is 0. The van der Waals surface area contributed by atoms with Crippen LogP contribution in [0.2, 0.25) is 0 Å². The van der Waals surface area contributed by atoms with E-state index in [2.05, 4.69) is 5.32 Å². The fourth-order valence-corrected chi connectivity index (χ4v) is 1.75. The van der Waals surface area contributed by atoms with Crippen LogP contribution in [0, 0.1) is 0 Å². The van der Waals surface area contributed by atoms with Gasteiger partial charge in [-0.25, -0.2) is 0 Å². The average Bonchev–Trinajstić information content (AvgIpc) is 2.37. The molecule has 90 valence electrons. The van der Waals surface area contributed by atoms with Gasteiger partial charge in [0.1, 0.15) is 0 Å². The zero-order chi connectivity index (χ0) is 12.0. The van der Waals surface area contributed by atoms with Crippen molar-refractivity contribution in [2.24, 2.45) is 0 Å². The summed E-state index contributed by atoms with van der Waals surface area (Å²) in [6.45, 7) is 3.87. The first-order chi connectivity index (χ1) is 7.67. The maximum absolute atomic E-state index is 9.35. The second kappa shape index (κ2) is 5.99. The van der Waals surface area contributed by atoms with Crippen molar-refractivity contribution in [2.75, 3.05) is 13.2 Å². The highest BCUT2D eigenvalue weighted by molar-refractivity contribution is 5.18. The Kier molecular flexibility index (Phi) is 4.93. The highest BCUT2D eigenvalue weighted by Gasteiger charge is 2.28. The third-order valence-corrected chi connectivity index (χ3v) is 3.10.